The van der Waals surface area contributed by atoms with Crippen molar-refractivity contribution in [3.05, 3.63) is 47.7 Å². The highest BCUT2D eigenvalue weighted by Crippen LogP contribution is 2.29. The first kappa shape index (κ1) is 20.1. The van der Waals surface area contributed by atoms with E-state index in [0.29, 0.717) is 25.5 Å². The van der Waals surface area contributed by atoms with Crippen LogP contribution < -0.4 is 10.1 Å². The third-order valence-corrected chi connectivity index (χ3v) is 4.81. The fourth-order valence-corrected chi connectivity index (χ4v) is 3.35. The Bertz CT molecular complexity index is 1050. The van der Waals surface area contributed by atoms with Crippen LogP contribution >= 0.6 is 0 Å². The van der Waals surface area contributed by atoms with Crippen molar-refractivity contribution >= 4 is 17.4 Å². The van der Waals surface area contributed by atoms with E-state index in [-0.39, 0.29) is 23.3 Å². The Hall–Kier alpha value is -3.14. The summed E-state index contributed by atoms with van der Waals surface area (Å²) in [7, 11) is 0. The number of carbonyl (C=O) groups excluding carboxylic acids is 1. The van der Waals surface area contributed by atoms with Gasteiger partial charge in [0, 0.05) is 25.3 Å². The topological polar surface area (TPSA) is 90.6 Å². The molecule has 1 saturated heterocycles. The lowest BCUT2D eigenvalue weighted by atomic mass is 9.97. The van der Waals surface area contributed by atoms with E-state index >= 15 is 0 Å². The summed E-state index contributed by atoms with van der Waals surface area (Å²) in [5.74, 6) is 0.128. The molecular weight excluding hydrogens is 396 g/mol. The lowest BCUT2D eigenvalue weighted by molar-refractivity contribution is 0.0846. The number of nitrogens with zero attached hydrogens (tertiary/aromatic N) is 4. The van der Waals surface area contributed by atoms with Gasteiger partial charge in [-0.25, -0.2) is 18.7 Å². The zero-order valence-electron chi connectivity index (χ0n) is 16.3. The van der Waals surface area contributed by atoms with Crippen LogP contribution in [0.3, 0.4) is 0 Å². The number of halogens is 2. The maximum atomic E-state index is 12.9. The molecule has 0 bridgehead atoms. The molecule has 1 fully saturated rings. The molecule has 8 nitrogen and oxygen atoms in total. The van der Waals surface area contributed by atoms with Crippen LogP contribution in [0.1, 0.15) is 54.0 Å². The molecule has 158 valence electrons. The number of hydrogen-bond acceptors (Lipinski definition) is 6. The number of aromatic nitrogens is 4. The van der Waals surface area contributed by atoms with Crippen molar-refractivity contribution in [1.29, 1.82) is 0 Å². The predicted octanol–water partition coefficient (Wildman–Crippen LogP) is 3.61. The van der Waals surface area contributed by atoms with Crippen LogP contribution in [-0.4, -0.2) is 45.1 Å². The molecule has 1 N–H and O–H groups in total. The second-order valence-electron chi connectivity index (χ2n) is 6.85. The fraction of sp³-hybridized carbons (Fsp3) is 0.400. The molecule has 1 amide bonds. The summed E-state index contributed by atoms with van der Waals surface area (Å²) in [5.41, 5.74) is 0.878. The van der Waals surface area contributed by atoms with E-state index in [4.69, 9.17) is 9.47 Å². The van der Waals surface area contributed by atoms with E-state index in [0.717, 1.165) is 18.5 Å². The van der Waals surface area contributed by atoms with Gasteiger partial charge in [-0.15, -0.1) is 0 Å². The fourth-order valence-electron chi connectivity index (χ4n) is 3.35. The summed E-state index contributed by atoms with van der Waals surface area (Å²) >= 11 is 0. The van der Waals surface area contributed by atoms with E-state index in [2.05, 4.69) is 20.3 Å². The molecule has 1 aliphatic rings. The zero-order valence-corrected chi connectivity index (χ0v) is 16.3. The second-order valence-corrected chi connectivity index (χ2v) is 6.85. The van der Waals surface area contributed by atoms with Crippen LogP contribution in [0, 0.1) is 0 Å². The maximum absolute atomic E-state index is 12.9. The minimum Gasteiger partial charge on any atom is -0.475 e. The zero-order chi connectivity index (χ0) is 21.1. The highest BCUT2D eigenvalue weighted by Gasteiger charge is 2.21. The minimum atomic E-state index is -2.76. The molecule has 10 heteroatoms. The van der Waals surface area contributed by atoms with Crippen LogP contribution in [0.15, 0.2) is 30.6 Å². The highest BCUT2D eigenvalue weighted by molar-refractivity contribution is 6.02. The molecule has 0 radical (unpaired) electrons. The number of amides is 1. The third-order valence-electron chi connectivity index (χ3n) is 4.81. The molecule has 30 heavy (non-hydrogen) atoms. The number of anilines is 1. The lowest BCUT2D eigenvalue weighted by Crippen LogP contribution is -2.16. The number of rotatable bonds is 6. The standard InChI is InChI=1S/C20H21F2N5O3/c1-2-30-20-18-24-15(12-6-8-29-9-7-12)10-27(18)11-16(26-20)25-19(28)14-5-3-4-13(23-14)17(21)22/h3-5,10-12,17H,2,6-9H2,1H3,(H,25,28). The summed E-state index contributed by atoms with van der Waals surface area (Å²) in [6.45, 7) is 3.59. The van der Waals surface area contributed by atoms with Crippen molar-refractivity contribution in [3.63, 3.8) is 0 Å². The van der Waals surface area contributed by atoms with Crippen LogP contribution in [0.4, 0.5) is 14.6 Å². The van der Waals surface area contributed by atoms with Gasteiger partial charge < -0.3 is 14.8 Å². The van der Waals surface area contributed by atoms with Gasteiger partial charge in [0.25, 0.3) is 18.2 Å². The van der Waals surface area contributed by atoms with Gasteiger partial charge in [-0.05, 0) is 31.9 Å². The van der Waals surface area contributed by atoms with Crippen molar-refractivity contribution in [3.8, 4) is 5.88 Å². The van der Waals surface area contributed by atoms with E-state index in [1.54, 1.807) is 10.6 Å². The van der Waals surface area contributed by atoms with Crippen LogP contribution in [-0.2, 0) is 4.74 Å². The number of hydrogen-bond donors (Lipinski definition) is 1. The van der Waals surface area contributed by atoms with Gasteiger partial charge in [-0.2, -0.15) is 4.98 Å². The van der Waals surface area contributed by atoms with Crippen molar-refractivity contribution in [1.82, 2.24) is 19.4 Å². The Balaban J connectivity index is 1.63. The predicted molar refractivity (Wildman–Crippen MR) is 104 cm³/mol. The largest absolute Gasteiger partial charge is 0.475 e. The van der Waals surface area contributed by atoms with Gasteiger partial charge in [-0.1, -0.05) is 6.07 Å². The SMILES string of the molecule is CCOc1nc(NC(=O)c2cccc(C(F)F)n2)cn2cc(C3CCOCC3)nc12. The Labute approximate surface area is 171 Å². The van der Waals surface area contributed by atoms with Gasteiger partial charge in [0.05, 0.1) is 18.5 Å². The van der Waals surface area contributed by atoms with Crippen molar-refractivity contribution in [2.24, 2.45) is 0 Å². The Morgan fingerprint density at radius 2 is 2.07 bits per heavy atom. The van der Waals surface area contributed by atoms with Gasteiger partial charge in [-0.3, -0.25) is 9.20 Å². The molecule has 0 atom stereocenters. The quantitative estimate of drug-likeness (QED) is 0.659. The first-order chi connectivity index (χ1) is 14.5. The number of ether oxygens (including phenoxy) is 2. The lowest BCUT2D eigenvalue weighted by Gasteiger charge is -2.19. The molecular formula is C20H21F2N5O3. The molecule has 4 heterocycles. The van der Waals surface area contributed by atoms with Crippen molar-refractivity contribution in [2.45, 2.75) is 32.1 Å². The van der Waals surface area contributed by atoms with E-state index < -0.39 is 18.0 Å². The molecule has 0 aromatic carbocycles. The smallest absolute Gasteiger partial charge is 0.280 e. The average molecular weight is 417 g/mol. The van der Waals surface area contributed by atoms with Gasteiger partial charge in [0.2, 0.25) is 5.65 Å². The number of alkyl halides is 2. The van der Waals surface area contributed by atoms with Crippen molar-refractivity contribution < 1.29 is 23.0 Å². The molecule has 0 unspecified atom stereocenters. The van der Waals surface area contributed by atoms with Gasteiger partial charge in [0.1, 0.15) is 11.4 Å². The van der Waals surface area contributed by atoms with E-state index in [9.17, 15) is 13.6 Å². The van der Waals surface area contributed by atoms with Gasteiger partial charge in [0.15, 0.2) is 5.82 Å². The number of imidazole rings is 1. The highest BCUT2D eigenvalue weighted by atomic mass is 19.3. The normalized spacial score (nSPS) is 14.9. The molecule has 0 spiro atoms. The van der Waals surface area contributed by atoms with Crippen molar-refractivity contribution in [2.75, 3.05) is 25.1 Å². The average Bonchev–Trinajstić information content (AvgIpc) is 3.19. The molecule has 4 rings (SSSR count). The first-order valence-electron chi connectivity index (χ1n) is 9.71. The first-order valence-corrected chi connectivity index (χ1v) is 9.71. The second kappa shape index (κ2) is 8.70. The maximum Gasteiger partial charge on any atom is 0.280 e. The van der Waals surface area contributed by atoms with E-state index in [1.807, 2.05) is 13.1 Å². The van der Waals surface area contributed by atoms with Gasteiger partial charge >= 0.3 is 0 Å². The summed E-state index contributed by atoms with van der Waals surface area (Å²) in [4.78, 5) is 25.2. The molecule has 0 aliphatic carbocycles. The monoisotopic (exact) mass is 417 g/mol. The summed E-state index contributed by atoms with van der Waals surface area (Å²) in [5, 5.41) is 2.60. The van der Waals surface area contributed by atoms with Crippen LogP contribution in [0.25, 0.3) is 5.65 Å². The number of carbonyl (C=O) groups is 1. The minimum absolute atomic E-state index is 0.124. The third kappa shape index (κ3) is 4.23. The summed E-state index contributed by atoms with van der Waals surface area (Å²) < 4.78 is 38.5. The number of pyridine rings is 1. The Kier molecular flexibility index (Phi) is 5.84. The van der Waals surface area contributed by atoms with E-state index in [1.165, 1.54) is 18.2 Å². The molecule has 1 aliphatic heterocycles. The summed E-state index contributed by atoms with van der Waals surface area (Å²) in [6.07, 6.45) is 2.52. The molecule has 0 saturated carbocycles. The Morgan fingerprint density at radius 1 is 1.27 bits per heavy atom. The number of nitrogens with one attached hydrogen (secondary N) is 1. The molecule has 3 aromatic rings. The Morgan fingerprint density at radius 3 is 2.80 bits per heavy atom. The molecule has 3 aromatic heterocycles. The van der Waals surface area contributed by atoms with Crippen LogP contribution in [0.2, 0.25) is 0 Å². The number of fused-ring (bicyclic) bond motifs is 1. The summed E-state index contributed by atoms with van der Waals surface area (Å²) in [6, 6.07) is 3.90. The van der Waals surface area contributed by atoms with Crippen LogP contribution in [0.5, 0.6) is 5.88 Å².